The van der Waals surface area contributed by atoms with Gasteiger partial charge in [0.25, 0.3) is 11.8 Å². The van der Waals surface area contributed by atoms with Crippen molar-refractivity contribution in [3.05, 3.63) is 41.0 Å². The van der Waals surface area contributed by atoms with E-state index in [0.717, 1.165) is 5.56 Å². The molecule has 5 amide bonds. The molecule has 2 N–H and O–H groups in total. The van der Waals surface area contributed by atoms with Gasteiger partial charge in [-0.2, -0.15) is 0 Å². The summed E-state index contributed by atoms with van der Waals surface area (Å²) < 4.78 is 0. The molecule has 4 rings (SSSR count). The van der Waals surface area contributed by atoms with Crippen molar-refractivity contribution in [1.82, 2.24) is 25.3 Å². The van der Waals surface area contributed by atoms with Gasteiger partial charge in [0.2, 0.25) is 5.91 Å². The van der Waals surface area contributed by atoms with Crippen LogP contribution in [0, 0.1) is 0 Å². The molecule has 0 saturated carbocycles. The van der Waals surface area contributed by atoms with E-state index in [2.05, 4.69) is 4.99 Å². The van der Waals surface area contributed by atoms with Crippen LogP contribution in [0.1, 0.15) is 11.1 Å². The Kier molecular flexibility index (Phi) is 4.63. The normalized spacial score (nSPS) is 24.6. The number of nitrogens with one attached hydrogen (secondary N) is 2. The first-order valence-corrected chi connectivity index (χ1v) is 9.05. The summed E-state index contributed by atoms with van der Waals surface area (Å²) in [7, 11) is 3.72. The molecule has 0 aromatic heterocycles. The summed E-state index contributed by atoms with van der Waals surface area (Å²) in [5.74, 6) is -1.42. The highest BCUT2D eigenvalue weighted by molar-refractivity contribution is 6.31. The molecule has 3 aliphatic heterocycles. The van der Waals surface area contributed by atoms with Crippen LogP contribution < -0.4 is 10.6 Å². The van der Waals surface area contributed by atoms with E-state index >= 15 is 0 Å². The third-order valence-corrected chi connectivity index (χ3v) is 5.12. The van der Waals surface area contributed by atoms with Crippen LogP contribution in [0.4, 0.5) is 4.79 Å². The van der Waals surface area contributed by atoms with Crippen molar-refractivity contribution in [3.63, 3.8) is 0 Å². The Morgan fingerprint density at radius 1 is 1.07 bits per heavy atom. The van der Waals surface area contributed by atoms with Crippen molar-refractivity contribution >= 4 is 36.2 Å². The average molecular weight is 396 g/mol. The minimum atomic E-state index is -0.827. The van der Waals surface area contributed by atoms with Crippen LogP contribution >= 0.6 is 0 Å². The van der Waals surface area contributed by atoms with Crippen LogP contribution in [0.5, 0.6) is 0 Å². The first-order chi connectivity index (χ1) is 13.8. The number of barbiturate groups is 1. The predicted molar refractivity (Wildman–Crippen MR) is 103 cm³/mol. The van der Waals surface area contributed by atoms with Crippen molar-refractivity contribution in [3.8, 4) is 0 Å². The fraction of sp³-hybridized carbons (Fsp3) is 0.316. The molecule has 150 valence electrons. The van der Waals surface area contributed by atoms with Gasteiger partial charge in [-0.3, -0.25) is 34.9 Å². The summed E-state index contributed by atoms with van der Waals surface area (Å²) in [6, 6.07) is 6.07. The molecule has 0 bridgehead atoms. The molecule has 10 heteroatoms. The van der Waals surface area contributed by atoms with Crippen molar-refractivity contribution in [2.24, 2.45) is 4.99 Å². The zero-order valence-electron chi connectivity index (χ0n) is 16.0. The van der Waals surface area contributed by atoms with Crippen molar-refractivity contribution in [2.45, 2.75) is 18.8 Å². The van der Waals surface area contributed by atoms with Gasteiger partial charge < -0.3 is 9.80 Å². The number of imide groups is 2. The summed E-state index contributed by atoms with van der Waals surface area (Å²) in [5, 5.41) is 4.08. The number of rotatable bonds is 3. The first-order valence-electron chi connectivity index (χ1n) is 9.05. The minimum Gasteiger partial charge on any atom is -0.343 e. The lowest BCUT2D eigenvalue weighted by Crippen LogP contribution is -2.61. The molecular formula is C19H20N6O4. The Hall–Kier alpha value is -3.53. The SMILES string of the molecule is CN1CN(C)C2N=CN(Cc3ccc(C=C4C(=O)NC(=O)NC4=O)cc3)C2C1=O. The fourth-order valence-corrected chi connectivity index (χ4v) is 3.66. The van der Waals surface area contributed by atoms with E-state index in [0.29, 0.717) is 18.8 Å². The van der Waals surface area contributed by atoms with Crippen LogP contribution in [-0.2, 0) is 20.9 Å². The number of urea groups is 1. The summed E-state index contributed by atoms with van der Waals surface area (Å²) in [5.41, 5.74) is 1.46. The number of likely N-dealkylation sites (N-methyl/N-ethyl adjacent to an activating group) is 2. The zero-order chi connectivity index (χ0) is 20.7. The molecule has 0 radical (unpaired) electrons. The van der Waals surface area contributed by atoms with Gasteiger partial charge in [0.15, 0.2) is 0 Å². The molecule has 2 atom stereocenters. The number of aliphatic imine (C=N–C) groups is 1. The number of carbonyl (C=O) groups excluding carboxylic acids is 4. The Labute approximate surface area is 166 Å². The molecule has 0 aliphatic carbocycles. The van der Waals surface area contributed by atoms with E-state index in [1.54, 1.807) is 30.4 Å². The van der Waals surface area contributed by atoms with Crippen LogP contribution in [0.2, 0.25) is 0 Å². The monoisotopic (exact) mass is 396 g/mol. The second-order valence-electron chi connectivity index (χ2n) is 7.27. The molecule has 1 aromatic carbocycles. The molecule has 29 heavy (non-hydrogen) atoms. The van der Waals surface area contributed by atoms with E-state index in [4.69, 9.17) is 0 Å². The van der Waals surface area contributed by atoms with Gasteiger partial charge in [0.1, 0.15) is 17.8 Å². The summed E-state index contributed by atoms with van der Waals surface area (Å²) >= 11 is 0. The van der Waals surface area contributed by atoms with Gasteiger partial charge in [-0.15, -0.1) is 0 Å². The Morgan fingerprint density at radius 3 is 2.38 bits per heavy atom. The smallest absolute Gasteiger partial charge is 0.328 e. The van der Waals surface area contributed by atoms with Gasteiger partial charge in [-0.25, -0.2) is 4.79 Å². The van der Waals surface area contributed by atoms with Crippen molar-refractivity contribution in [1.29, 1.82) is 0 Å². The summed E-state index contributed by atoms with van der Waals surface area (Å²) in [4.78, 5) is 57.4. The molecule has 1 aromatic rings. The number of hydrogen-bond acceptors (Lipinski definition) is 7. The second-order valence-corrected chi connectivity index (χ2v) is 7.27. The Balaban J connectivity index is 1.48. The van der Waals surface area contributed by atoms with Crippen LogP contribution in [0.25, 0.3) is 6.08 Å². The van der Waals surface area contributed by atoms with E-state index in [9.17, 15) is 19.2 Å². The molecule has 10 nitrogen and oxygen atoms in total. The maximum absolute atomic E-state index is 12.6. The zero-order valence-corrected chi connectivity index (χ0v) is 16.0. The highest BCUT2D eigenvalue weighted by Gasteiger charge is 2.44. The highest BCUT2D eigenvalue weighted by Crippen LogP contribution is 2.24. The predicted octanol–water partition coefficient (Wildman–Crippen LogP) is -0.664. The van der Waals surface area contributed by atoms with Gasteiger partial charge in [-0.05, 0) is 24.3 Å². The van der Waals surface area contributed by atoms with Gasteiger partial charge in [0.05, 0.1) is 13.0 Å². The molecule has 3 aliphatic rings. The highest BCUT2D eigenvalue weighted by atomic mass is 16.2. The lowest BCUT2D eigenvalue weighted by molar-refractivity contribution is -0.144. The fourth-order valence-electron chi connectivity index (χ4n) is 3.66. The third-order valence-electron chi connectivity index (χ3n) is 5.12. The van der Waals surface area contributed by atoms with E-state index in [1.807, 2.05) is 39.6 Å². The number of carbonyl (C=O) groups is 4. The Bertz CT molecular complexity index is 932. The molecule has 2 unspecified atom stereocenters. The topological polar surface area (TPSA) is 114 Å². The summed E-state index contributed by atoms with van der Waals surface area (Å²) in [6.45, 7) is 1.05. The van der Waals surface area contributed by atoms with Gasteiger partial charge in [-0.1, -0.05) is 24.3 Å². The molecule has 3 heterocycles. The maximum Gasteiger partial charge on any atom is 0.328 e. The van der Waals surface area contributed by atoms with Crippen LogP contribution in [0.15, 0.2) is 34.8 Å². The molecule has 2 fully saturated rings. The van der Waals surface area contributed by atoms with Crippen molar-refractivity contribution < 1.29 is 19.2 Å². The first kappa shape index (κ1) is 18.8. The third kappa shape index (κ3) is 3.49. The summed E-state index contributed by atoms with van der Waals surface area (Å²) in [6.07, 6.45) is 2.95. The molecule has 2 saturated heterocycles. The molecular weight excluding hydrogens is 376 g/mol. The quantitative estimate of drug-likeness (QED) is 0.518. The lowest BCUT2D eigenvalue weighted by atomic mass is 10.1. The maximum atomic E-state index is 12.6. The second kappa shape index (κ2) is 7.13. The van der Waals surface area contributed by atoms with Crippen molar-refractivity contribution in [2.75, 3.05) is 20.8 Å². The van der Waals surface area contributed by atoms with Crippen LogP contribution in [-0.4, -0.2) is 77.8 Å². The van der Waals surface area contributed by atoms with Gasteiger partial charge in [0, 0.05) is 13.6 Å². The van der Waals surface area contributed by atoms with Crippen LogP contribution in [0.3, 0.4) is 0 Å². The van der Waals surface area contributed by atoms with E-state index < -0.39 is 17.8 Å². The number of hydrogen-bond donors (Lipinski definition) is 2. The molecule has 0 spiro atoms. The number of amides is 5. The number of benzene rings is 1. The average Bonchev–Trinajstić information content (AvgIpc) is 3.08. The number of fused-ring (bicyclic) bond motifs is 1. The standard InChI is InChI=1S/C19H20N6O4/c1-23-10-24(2)18(28)14-15(23)20-9-25(14)8-12-5-3-11(4-6-12)7-13-16(26)21-19(29)22-17(13)27/h3-7,9,14-15H,8,10H2,1-2H3,(H2,21,22,26,27,29). The van der Waals surface area contributed by atoms with E-state index in [-0.39, 0.29) is 23.7 Å². The lowest BCUT2D eigenvalue weighted by Gasteiger charge is -2.40. The number of nitrogens with zero attached hydrogens (tertiary/aromatic N) is 4. The Morgan fingerprint density at radius 2 is 1.72 bits per heavy atom. The van der Waals surface area contributed by atoms with E-state index in [1.165, 1.54) is 6.08 Å². The van der Waals surface area contributed by atoms with Gasteiger partial charge >= 0.3 is 6.03 Å². The minimum absolute atomic E-state index is 0.0378. The largest absolute Gasteiger partial charge is 0.343 e.